The first-order valence-electron chi connectivity index (χ1n) is 6.88. The maximum atomic E-state index is 4.53. The van der Waals surface area contributed by atoms with E-state index in [1.165, 1.54) is 5.56 Å². The Morgan fingerprint density at radius 2 is 1.95 bits per heavy atom. The molecule has 0 aliphatic heterocycles. The Hall–Kier alpha value is -2.17. The molecule has 5 nitrogen and oxygen atoms in total. The van der Waals surface area contributed by atoms with E-state index in [-0.39, 0.29) is 0 Å². The van der Waals surface area contributed by atoms with Crippen molar-refractivity contribution in [2.75, 3.05) is 30.4 Å². The van der Waals surface area contributed by atoms with Crippen molar-refractivity contribution in [1.82, 2.24) is 15.0 Å². The lowest BCUT2D eigenvalue weighted by atomic mass is 10.2. The summed E-state index contributed by atoms with van der Waals surface area (Å²) in [5.74, 6) is 1.64. The number of aryl methyl sites for hydroxylation is 1. The third-order valence-corrected chi connectivity index (χ3v) is 3.05. The van der Waals surface area contributed by atoms with Crippen LogP contribution in [0.5, 0.6) is 0 Å². The van der Waals surface area contributed by atoms with E-state index in [9.17, 15) is 0 Å². The van der Waals surface area contributed by atoms with Gasteiger partial charge in [0.15, 0.2) is 0 Å². The fourth-order valence-corrected chi connectivity index (χ4v) is 1.95. The highest BCUT2D eigenvalue weighted by Crippen LogP contribution is 2.14. The fourth-order valence-electron chi connectivity index (χ4n) is 1.95. The lowest BCUT2D eigenvalue weighted by Crippen LogP contribution is -2.22. The number of nitrogens with one attached hydrogen (secondary N) is 1. The van der Waals surface area contributed by atoms with Crippen molar-refractivity contribution in [3.63, 3.8) is 0 Å². The first-order valence-corrected chi connectivity index (χ1v) is 6.88. The molecule has 0 aliphatic rings. The largest absolute Gasteiger partial charge is 0.359 e. The molecule has 106 valence electrons. The average Bonchev–Trinajstić information content (AvgIpc) is 2.45. The van der Waals surface area contributed by atoms with Crippen LogP contribution in [0, 0.1) is 6.92 Å². The lowest BCUT2D eigenvalue weighted by Gasteiger charge is -2.19. The minimum atomic E-state index is 0.693. The van der Waals surface area contributed by atoms with Crippen LogP contribution in [0.4, 0.5) is 11.8 Å². The Morgan fingerprint density at radius 3 is 2.65 bits per heavy atom. The van der Waals surface area contributed by atoms with E-state index in [0.29, 0.717) is 5.95 Å². The van der Waals surface area contributed by atoms with Crippen molar-refractivity contribution in [3.05, 3.63) is 41.9 Å². The van der Waals surface area contributed by atoms with Crippen LogP contribution in [0.15, 0.2) is 30.6 Å². The number of likely N-dealkylation sites (N-methyl/N-ethyl adjacent to an activating group) is 1. The van der Waals surface area contributed by atoms with Gasteiger partial charge in [-0.3, -0.25) is 4.98 Å². The molecule has 5 heteroatoms. The number of rotatable bonds is 6. The van der Waals surface area contributed by atoms with Crippen molar-refractivity contribution >= 4 is 11.8 Å². The molecule has 2 rings (SSSR count). The Bertz CT molecular complexity index is 541. The van der Waals surface area contributed by atoms with E-state index in [1.807, 2.05) is 44.4 Å². The maximum absolute atomic E-state index is 4.53. The van der Waals surface area contributed by atoms with Crippen LogP contribution in [0.2, 0.25) is 0 Å². The van der Waals surface area contributed by atoms with Crippen molar-refractivity contribution in [3.8, 4) is 0 Å². The zero-order valence-electron chi connectivity index (χ0n) is 12.3. The standard InChI is InChI=1S/C15H21N5/c1-4-17-15-18-12(2)11-14(19-15)20(3)10-7-13-5-8-16-9-6-13/h5-6,8-9,11H,4,7,10H2,1-3H3,(H,17,18,19). The quantitative estimate of drug-likeness (QED) is 0.873. The Labute approximate surface area is 120 Å². The molecule has 0 saturated heterocycles. The molecule has 0 atom stereocenters. The van der Waals surface area contributed by atoms with Gasteiger partial charge in [-0.15, -0.1) is 0 Å². The summed E-state index contributed by atoms with van der Waals surface area (Å²) >= 11 is 0. The molecule has 20 heavy (non-hydrogen) atoms. The third kappa shape index (κ3) is 3.91. The smallest absolute Gasteiger partial charge is 0.224 e. The monoisotopic (exact) mass is 271 g/mol. The van der Waals surface area contributed by atoms with Gasteiger partial charge in [-0.25, -0.2) is 4.98 Å². The van der Waals surface area contributed by atoms with Crippen LogP contribution in [0.1, 0.15) is 18.2 Å². The second-order valence-electron chi connectivity index (χ2n) is 4.75. The molecule has 2 heterocycles. The van der Waals surface area contributed by atoms with Crippen LogP contribution in [0.25, 0.3) is 0 Å². The zero-order chi connectivity index (χ0) is 14.4. The van der Waals surface area contributed by atoms with Gasteiger partial charge in [0.25, 0.3) is 0 Å². The highest BCUT2D eigenvalue weighted by Gasteiger charge is 2.06. The van der Waals surface area contributed by atoms with Gasteiger partial charge in [-0.2, -0.15) is 4.98 Å². The molecule has 0 unspecified atom stereocenters. The van der Waals surface area contributed by atoms with Crippen LogP contribution in [0.3, 0.4) is 0 Å². The molecule has 0 aliphatic carbocycles. The van der Waals surface area contributed by atoms with E-state index in [4.69, 9.17) is 0 Å². The molecule has 0 radical (unpaired) electrons. The van der Waals surface area contributed by atoms with Gasteiger partial charge in [0.2, 0.25) is 5.95 Å². The van der Waals surface area contributed by atoms with Gasteiger partial charge in [-0.1, -0.05) is 0 Å². The van der Waals surface area contributed by atoms with Gasteiger partial charge in [-0.05, 0) is 38.0 Å². The SMILES string of the molecule is CCNc1nc(C)cc(N(C)CCc2ccncc2)n1. The van der Waals surface area contributed by atoms with Crippen molar-refractivity contribution in [2.24, 2.45) is 0 Å². The second-order valence-corrected chi connectivity index (χ2v) is 4.75. The summed E-state index contributed by atoms with van der Waals surface area (Å²) in [7, 11) is 2.05. The minimum Gasteiger partial charge on any atom is -0.359 e. The molecular weight excluding hydrogens is 250 g/mol. The molecule has 0 spiro atoms. The molecule has 0 bridgehead atoms. The molecule has 0 fully saturated rings. The highest BCUT2D eigenvalue weighted by molar-refractivity contribution is 5.44. The third-order valence-electron chi connectivity index (χ3n) is 3.05. The number of nitrogens with zero attached hydrogens (tertiary/aromatic N) is 4. The lowest BCUT2D eigenvalue weighted by molar-refractivity contribution is 0.851. The molecule has 2 aromatic rings. The molecule has 2 aromatic heterocycles. The summed E-state index contributed by atoms with van der Waals surface area (Å²) in [6.07, 6.45) is 4.62. The summed E-state index contributed by atoms with van der Waals surface area (Å²) in [6, 6.07) is 6.10. The maximum Gasteiger partial charge on any atom is 0.224 e. The molecule has 1 N–H and O–H groups in total. The van der Waals surface area contributed by atoms with E-state index in [1.54, 1.807) is 0 Å². The van der Waals surface area contributed by atoms with Crippen molar-refractivity contribution in [2.45, 2.75) is 20.3 Å². The zero-order valence-corrected chi connectivity index (χ0v) is 12.3. The Morgan fingerprint density at radius 1 is 1.20 bits per heavy atom. The van der Waals surface area contributed by atoms with Gasteiger partial charge < -0.3 is 10.2 Å². The summed E-state index contributed by atoms with van der Waals surface area (Å²) in [5.41, 5.74) is 2.26. The average molecular weight is 271 g/mol. The number of hydrogen-bond acceptors (Lipinski definition) is 5. The topological polar surface area (TPSA) is 53.9 Å². The molecule has 0 amide bonds. The number of hydrogen-bond donors (Lipinski definition) is 1. The number of anilines is 2. The normalized spacial score (nSPS) is 10.3. The van der Waals surface area contributed by atoms with Gasteiger partial charge in [0.1, 0.15) is 5.82 Å². The van der Waals surface area contributed by atoms with E-state index >= 15 is 0 Å². The minimum absolute atomic E-state index is 0.693. The molecule has 0 saturated carbocycles. The first-order chi connectivity index (χ1) is 9.69. The summed E-state index contributed by atoms with van der Waals surface area (Å²) < 4.78 is 0. The van der Waals surface area contributed by atoms with Gasteiger partial charge >= 0.3 is 0 Å². The number of aromatic nitrogens is 3. The Balaban J connectivity index is 2.03. The van der Waals surface area contributed by atoms with Crippen molar-refractivity contribution in [1.29, 1.82) is 0 Å². The summed E-state index contributed by atoms with van der Waals surface area (Å²) in [5, 5.41) is 3.16. The Kier molecular flexibility index (Phi) is 4.87. The van der Waals surface area contributed by atoms with E-state index in [2.05, 4.69) is 32.2 Å². The second kappa shape index (κ2) is 6.84. The van der Waals surface area contributed by atoms with Crippen LogP contribution in [-0.2, 0) is 6.42 Å². The predicted molar refractivity (Wildman–Crippen MR) is 82.1 cm³/mol. The summed E-state index contributed by atoms with van der Waals surface area (Å²) in [4.78, 5) is 15.1. The van der Waals surface area contributed by atoms with Crippen LogP contribution < -0.4 is 10.2 Å². The van der Waals surface area contributed by atoms with Crippen LogP contribution >= 0.6 is 0 Å². The molecule has 0 aromatic carbocycles. The number of pyridine rings is 1. The molecular formula is C15H21N5. The summed E-state index contributed by atoms with van der Waals surface area (Å²) in [6.45, 7) is 5.76. The first kappa shape index (κ1) is 14.2. The van der Waals surface area contributed by atoms with E-state index in [0.717, 1.165) is 31.0 Å². The highest BCUT2D eigenvalue weighted by atomic mass is 15.2. The van der Waals surface area contributed by atoms with Gasteiger partial charge in [0, 0.05) is 44.3 Å². The van der Waals surface area contributed by atoms with Crippen molar-refractivity contribution < 1.29 is 0 Å². The predicted octanol–water partition coefficient (Wildman–Crippen LogP) is 2.29. The fraction of sp³-hybridized carbons (Fsp3) is 0.400. The van der Waals surface area contributed by atoms with Gasteiger partial charge in [0.05, 0.1) is 0 Å². The van der Waals surface area contributed by atoms with Crippen LogP contribution in [-0.4, -0.2) is 35.1 Å². The van der Waals surface area contributed by atoms with E-state index < -0.39 is 0 Å².